The maximum Gasteiger partial charge on any atom is 0.490 e. The van der Waals surface area contributed by atoms with Crippen molar-refractivity contribution in [3.05, 3.63) is 60.0 Å². The maximum absolute atomic E-state index is 12.7. The number of halogens is 6. The highest BCUT2D eigenvalue weighted by atomic mass is 19.4. The van der Waals surface area contributed by atoms with Crippen LogP contribution in [0.5, 0.6) is 5.75 Å². The van der Waals surface area contributed by atoms with E-state index in [4.69, 9.17) is 19.8 Å². The lowest BCUT2D eigenvalue weighted by atomic mass is 10.2. The van der Waals surface area contributed by atoms with Crippen LogP contribution in [-0.2, 0) is 9.59 Å². The second-order valence-corrected chi connectivity index (χ2v) is 7.97. The number of aliphatic carboxylic acids is 2. The fourth-order valence-corrected chi connectivity index (χ4v) is 3.23. The Labute approximate surface area is 216 Å². The van der Waals surface area contributed by atoms with E-state index in [0.29, 0.717) is 31.9 Å². The molecule has 10 nitrogen and oxygen atoms in total. The monoisotopic (exact) mass is 564 g/mol. The number of aromatic nitrogens is 2. The van der Waals surface area contributed by atoms with Gasteiger partial charge in [0.15, 0.2) is 0 Å². The molecule has 0 spiro atoms. The zero-order valence-electron chi connectivity index (χ0n) is 20.1. The van der Waals surface area contributed by atoms with Crippen molar-refractivity contribution in [2.45, 2.75) is 19.3 Å². The van der Waals surface area contributed by atoms with Gasteiger partial charge in [0, 0.05) is 38.6 Å². The SMILES string of the molecule is Cc1ccn2cc(C(=O)N3CCN(c4ccccc4O)CC3)nc2c1.O=C(O)C(F)(F)F.O=C(O)C(F)(F)F. The molecule has 1 amide bonds. The number of hydrogen-bond acceptors (Lipinski definition) is 6. The maximum atomic E-state index is 12.7. The highest BCUT2D eigenvalue weighted by molar-refractivity contribution is 5.93. The smallest absolute Gasteiger partial charge is 0.490 e. The average Bonchev–Trinajstić information content (AvgIpc) is 3.27. The van der Waals surface area contributed by atoms with Crippen LogP contribution in [0.2, 0.25) is 0 Å². The van der Waals surface area contributed by atoms with Gasteiger partial charge in [-0.1, -0.05) is 12.1 Å². The van der Waals surface area contributed by atoms with Gasteiger partial charge in [-0.25, -0.2) is 14.6 Å². The van der Waals surface area contributed by atoms with E-state index in [-0.39, 0.29) is 11.7 Å². The largest absolute Gasteiger partial charge is 0.506 e. The summed E-state index contributed by atoms with van der Waals surface area (Å²) < 4.78 is 65.3. The van der Waals surface area contributed by atoms with E-state index in [2.05, 4.69) is 9.88 Å². The minimum atomic E-state index is -5.08. The number of carbonyl (C=O) groups excluding carboxylic acids is 1. The zero-order valence-corrected chi connectivity index (χ0v) is 20.1. The van der Waals surface area contributed by atoms with E-state index in [1.807, 2.05) is 52.8 Å². The Bertz CT molecular complexity index is 1290. The van der Waals surface area contributed by atoms with Crippen LogP contribution in [0.4, 0.5) is 32.0 Å². The van der Waals surface area contributed by atoms with Gasteiger partial charge in [0.2, 0.25) is 0 Å². The van der Waals surface area contributed by atoms with Crippen LogP contribution in [0.3, 0.4) is 0 Å². The quantitative estimate of drug-likeness (QED) is 0.402. The van der Waals surface area contributed by atoms with E-state index in [9.17, 15) is 36.2 Å². The number of carboxylic acid groups (broad SMARTS) is 2. The molecule has 0 saturated carbocycles. The lowest BCUT2D eigenvalue weighted by Gasteiger charge is -2.36. The third kappa shape index (κ3) is 8.79. The first-order valence-corrected chi connectivity index (χ1v) is 10.9. The average molecular weight is 564 g/mol. The molecular formula is C23H22F6N4O6. The topological polar surface area (TPSA) is 136 Å². The van der Waals surface area contributed by atoms with E-state index in [1.54, 1.807) is 12.3 Å². The molecule has 1 saturated heterocycles. The molecule has 16 heteroatoms. The Kier molecular flexibility index (Phi) is 9.74. The number of aryl methyl sites for hydroxylation is 1. The number of anilines is 1. The Morgan fingerprint density at radius 2 is 1.38 bits per heavy atom. The normalized spacial score (nSPS) is 13.6. The molecule has 0 unspecified atom stereocenters. The van der Waals surface area contributed by atoms with Crippen molar-refractivity contribution in [1.29, 1.82) is 0 Å². The number of para-hydroxylation sites is 2. The predicted octanol–water partition coefficient (Wildman–Crippen LogP) is 3.58. The Hall–Kier alpha value is -4.50. The van der Waals surface area contributed by atoms with Gasteiger partial charge in [-0.2, -0.15) is 26.3 Å². The lowest BCUT2D eigenvalue weighted by Crippen LogP contribution is -2.48. The second kappa shape index (κ2) is 12.4. The van der Waals surface area contributed by atoms with Gasteiger partial charge in [-0.15, -0.1) is 0 Å². The van der Waals surface area contributed by atoms with Crippen molar-refractivity contribution in [2.24, 2.45) is 0 Å². The number of alkyl halides is 6. The van der Waals surface area contributed by atoms with Gasteiger partial charge in [0.1, 0.15) is 17.1 Å². The molecule has 0 atom stereocenters. The third-order valence-electron chi connectivity index (χ3n) is 5.11. The van der Waals surface area contributed by atoms with Gasteiger partial charge < -0.3 is 29.5 Å². The number of piperazine rings is 1. The molecule has 0 radical (unpaired) electrons. The fourth-order valence-electron chi connectivity index (χ4n) is 3.23. The number of pyridine rings is 1. The van der Waals surface area contributed by atoms with Crippen LogP contribution >= 0.6 is 0 Å². The summed E-state index contributed by atoms with van der Waals surface area (Å²) in [5, 5.41) is 24.2. The summed E-state index contributed by atoms with van der Waals surface area (Å²) in [6, 6.07) is 11.3. The first-order valence-electron chi connectivity index (χ1n) is 10.9. The number of fused-ring (bicyclic) bond motifs is 1. The summed E-state index contributed by atoms with van der Waals surface area (Å²) in [5.41, 5.74) is 3.20. The molecule has 0 aliphatic carbocycles. The van der Waals surface area contributed by atoms with Gasteiger partial charge in [-0.3, -0.25) is 4.79 Å². The number of carbonyl (C=O) groups is 3. The molecule has 3 aromatic rings. The van der Waals surface area contributed by atoms with Crippen molar-refractivity contribution in [3.63, 3.8) is 0 Å². The molecule has 3 heterocycles. The number of phenolic OH excluding ortho intramolecular Hbond substituents is 1. The van der Waals surface area contributed by atoms with Gasteiger partial charge >= 0.3 is 24.3 Å². The summed E-state index contributed by atoms with van der Waals surface area (Å²) in [6.45, 7) is 4.61. The summed E-state index contributed by atoms with van der Waals surface area (Å²) in [4.78, 5) is 38.9. The van der Waals surface area contributed by atoms with Crippen LogP contribution in [-0.4, -0.2) is 86.0 Å². The molecular weight excluding hydrogens is 542 g/mol. The van der Waals surface area contributed by atoms with Crippen molar-refractivity contribution >= 4 is 29.2 Å². The predicted molar refractivity (Wildman–Crippen MR) is 124 cm³/mol. The summed E-state index contributed by atoms with van der Waals surface area (Å²) in [6.07, 6.45) is -6.46. The van der Waals surface area contributed by atoms with E-state index in [1.165, 1.54) is 0 Å². The molecule has 1 aliphatic rings. The van der Waals surface area contributed by atoms with Gasteiger partial charge in [0.05, 0.1) is 5.69 Å². The highest BCUT2D eigenvalue weighted by Gasteiger charge is 2.38. The van der Waals surface area contributed by atoms with Gasteiger partial charge in [0.25, 0.3) is 5.91 Å². The summed E-state index contributed by atoms with van der Waals surface area (Å²) in [7, 11) is 0. The molecule has 4 rings (SSSR count). The number of nitrogens with zero attached hydrogens (tertiary/aromatic N) is 4. The minimum absolute atomic E-state index is 0.0433. The number of aromatic hydroxyl groups is 1. The van der Waals surface area contributed by atoms with Gasteiger partial charge in [-0.05, 0) is 36.8 Å². The number of rotatable bonds is 2. The number of carboxylic acids is 2. The Balaban J connectivity index is 0.000000317. The molecule has 1 aromatic carbocycles. The first kappa shape index (κ1) is 30.7. The van der Waals surface area contributed by atoms with E-state index >= 15 is 0 Å². The molecule has 2 aromatic heterocycles. The number of imidazole rings is 1. The third-order valence-corrected chi connectivity index (χ3v) is 5.11. The van der Waals surface area contributed by atoms with Crippen molar-refractivity contribution in [1.82, 2.24) is 14.3 Å². The minimum Gasteiger partial charge on any atom is -0.506 e. The molecule has 212 valence electrons. The van der Waals surface area contributed by atoms with Crippen molar-refractivity contribution < 1.29 is 56.0 Å². The summed E-state index contributed by atoms with van der Waals surface area (Å²) in [5.74, 6) is -5.28. The van der Waals surface area contributed by atoms with Crippen LogP contribution < -0.4 is 4.90 Å². The fraction of sp³-hybridized carbons (Fsp3) is 0.304. The Morgan fingerprint density at radius 1 is 0.872 bits per heavy atom. The van der Waals surface area contributed by atoms with E-state index in [0.717, 1.165) is 16.9 Å². The van der Waals surface area contributed by atoms with Crippen molar-refractivity contribution in [2.75, 3.05) is 31.1 Å². The van der Waals surface area contributed by atoms with Crippen LogP contribution in [0.25, 0.3) is 5.65 Å². The Morgan fingerprint density at radius 3 is 1.87 bits per heavy atom. The number of hydrogen-bond donors (Lipinski definition) is 3. The molecule has 1 fully saturated rings. The molecule has 1 aliphatic heterocycles. The number of benzene rings is 1. The number of phenols is 1. The van der Waals surface area contributed by atoms with Crippen LogP contribution in [0.15, 0.2) is 48.8 Å². The molecule has 3 N–H and O–H groups in total. The van der Waals surface area contributed by atoms with Crippen LogP contribution in [0.1, 0.15) is 16.1 Å². The lowest BCUT2D eigenvalue weighted by molar-refractivity contribution is -0.193. The zero-order chi connectivity index (χ0) is 29.5. The van der Waals surface area contributed by atoms with E-state index < -0.39 is 24.3 Å². The first-order chi connectivity index (χ1) is 18.0. The van der Waals surface area contributed by atoms with Crippen LogP contribution in [0, 0.1) is 6.92 Å². The standard InChI is InChI=1S/C19H20N4O2.2C2HF3O2/c1-14-6-7-23-13-15(20-18(23)12-14)19(25)22-10-8-21(9-11-22)16-4-2-3-5-17(16)24;2*3-2(4,5)1(6)7/h2-7,12-13,24H,8-11H2,1H3;2*(H,6,7). The molecule has 0 bridgehead atoms. The molecule has 39 heavy (non-hydrogen) atoms. The second-order valence-electron chi connectivity index (χ2n) is 7.97. The summed E-state index contributed by atoms with van der Waals surface area (Å²) >= 11 is 0. The van der Waals surface area contributed by atoms with Crippen molar-refractivity contribution in [3.8, 4) is 5.75 Å². The highest BCUT2D eigenvalue weighted by Crippen LogP contribution is 2.27. The number of amides is 1.